The van der Waals surface area contributed by atoms with Gasteiger partial charge in [-0.25, -0.2) is 4.79 Å². The number of carbonyl (C=O) groups is 2. The Labute approximate surface area is 83.7 Å². The molecule has 14 heavy (non-hydrogen) atoms. The molecule has 4 nitrogen and oxygen atoms in total. The highest BCUT2D eigenvalue weighted by atomic mass is 16.4. The van der Waals surface area contributed by atoms with E-state index < -0.39 is 12.0 Å². The third-order valence-corrected chi connectivity index (χ3v) is 2.40. The molecule has 0 spiro atoms. The van der Waals surface area contributed by atoms with Crippen LogP contribution in [0.25, 0.3) is 0 Å². The lowest BCUT2D eigenvalue weighted by Gasteiger charge is -2.15. The maximum Gasteiger partial charge on any atom is 0.326 e. The van der Waals surface area contributed by atoms with Gasteiger partial charge in [0.25, 0.3) is 0 Å². The summed E-state index contributed by atoms with van der Waals surface area (Å²) in [5.74, 6) is -0.761. The van der Waals surface area contributed by atoms with E-state index in [0.29, 0.717) is 12.3 Å². The number of carboxylic acid groups (broad SMARTS) is 1. The molecule has 0 saturated heterocycles. The summed E-state index contributed by atoms with van der Waals surface area (Å²) in [6, 6.07) is -0.697. The standard InChI is InChI=1S/C10H17NO3/c1-6(2)9(12)11-8(10(13)14)5-7-3-4-7/h6-8H,3-5H2,1-2H3,(H,11,12)(H,13,14)/t8-/m0/s1. The van der Waals surface area contributed by atoms with Crippen LogP contribution >= 0.6 is 0 Å². The van der Waals surface area contributed by atoms with Gasteiger partial charge in [-0.3, -0.25) is 4.79 Å². The molecule has 1 aliphatic carbocycles. The summed E-state index contributed by atoms with van der Waals surface area (Å²) < 4.78 is 0. The Morgan fingerprint density at radius 3 is 2.36 bits per heavy atom. The van der Waals surface area contributed by atoms with Gasteiger partial charge < -0.3 is 10.4 Å². The molecular formula is C10H17NO3. The zero-order valence-electron chi connectivity index (χ0n) is 8.62. The maximum absolute atomic E-state index is 11.3. The van der Waals surface area contributed by atoms with Gasteiger partial charge in [0.05, 0.1) is 0 Å². The highest BCUT2D eigenvalue weighted by Gasteiger charge is 2.30. The van der Waals surface area contributed by atoms with E-state index >= 15 is 0 Å². The number of hydrogen-bond acceptors (Lipinski definition) is 2. The summed E-state index contributed by atoms with van der Waals surface area (Å²) >= 11 is 0. The van der Waals surface area contributed by atoms with Gasteiger partial charge in [0.15, 0.2) is 0 Å². The van der Waals surface area contributed by atoms with Gasteiger partial charge >= 0.3 is 5.97 Å². The van der Waals surface area contributed by atoms with Crippen LogP contribution in [0.3, 0.4) is 0 Å². The molecular weight excluding hydrogens is 182 g/mol. The smallest absolute Gasteiger partial charge is 0.326 e. The first-order valence-electron chi connectivity index (χ1n) is 5.04. The number of amides is 1. The van der Waals surface area contributed by atoms with Gasteiger partial charge in [-0.2, -0.15) is 0 Å². The van der Waals surface area contributed by atoms with Gasteiger partial charge in [0.2, 0.25) is 5.91 Å². The molecule has 0 aromatic carbocycles. The van der Waals surface area contributed by atoms with Crippen LogP contribution in [0.4, 0.5) is 0 Å². The van der Waals surface area contributed by atoms with Crippen LogP contribution in [0.1, 0.15) is 33.1 Å². The van der Waals surface area contributed by atoms with Gasteiger partial charge in [0, 0.05) is 5.92 Å². The number of hydrogen-bond donors (Lipinski definition) is 2. The SMILES string of the molecule is CC(C)C(=O)N[C@@H](CC1CC1)C(=O)O. The van der Waals surface area contributed by atoms with Crippen LogP contribution in [0.2, 0.25) is 0 Å². The summed E-state index contributed by atoms with van der Waals surface area (Å²) in [5.41, 5.74) is 0. The lowest BCUT2D eigenvalue weighted by atomic mass is 10.1. The first kappa shape index (κ1) is 11.0. The average Bonchev–Trinajstić information content (AvgIpc) is 2.86. The summed E-state index contributed by atoms with van der Waals surface area (Å²) in [5, 5.41) is 11.4. The summed E-state index contributed by atoms with van der Waals surface area (Å²) in [7, 11) is 0. The molecule has 0 aromatic rings. The Bertz CT molecular complexity index is 234. The molecule has 4 heteroatoms. The van der Waals surface area contributed by atoms with Crippen LogP contribution < -0.4 is 5.32 Å². The molecule has 1 fully saturated rings. The van der Waals surface area contributed by atoms with E-state index in [9.17, 15) is 9.59 Å². The quantitative estimate of drug-likeness (QED) is 0.694. The number of rotatable bonds is 5. The van der Waals surface area contributed by atoms with E-state index in [2.05, 4.69) is 5.32 Å². The Morgan fingerprint density at radius 1 is 1.43 bits per heavy atom. The van der Waals surface area contributed by atoms with E-state index in [-0.39, 0.29) is 11.8 Å². The molecule has 0 radical (unpaired) electrons. The summed E-state index contributed by atoms with van der Waals surface area (Å²) in [4.78, 5) is 22.1. The van der Waals surface area contributed by atoms with E-state index in [0.717, 1.165) is 12.8 Å². The third-order valence-electron chi connectivity index (χ3n) is 2.40. The number of aliphatic carboxylic acids is 1. The molecule has 0 aromatic heterocycles. The van der Waals surface area contributed by atoms with Crippen molar-refractivity contribution >= 4 is 11.9 Å². The average molecular weight is 199 g/mol. The van der Waals surface area contributed by atoms with Crippen LogP contribution in [-0.2, 0) is 9.59 Å². The topological polar surface area (TPSA) is 66.4 Å². The fourth-order valence-electron chi connectivity index (χ4n) is 1.25. The van der Waals surface area contributed by atoms with Crippen LogP contribution in [0.15, 0.2) is 0 Å². The van der Waals surface area contributed by atoms with Gasteiger partial charge in [-0.1, -0.05) is 26.7 Å². The molecule has 80 valence electrons. The Kier molecular flexibility index (Phi) is 3.49. The minimum absolute atomic E-state index is 0.156. The normalized spacial score (nSPS) is 17.9. The minimum atomic E-state index is -0.925. The molecule has 0 heterocycles. The van der Waals surface area contributed by atoms with Crippen molar-refractivity contribution < 1.29 is 14.7 Å². The molecule has 1 atom stereocenters. The Morgan fingerprint density at radius 2 is 2.00 bits per heavy atom. The van der Waals surface area contributed by atoms with Crippen LogP contribution in [0.5, 0.6) is 0 Å². The van der Waals surface area contributed by atoms with Gasteiger partial charge in [-0.05, 0) is 12.3 Å². The van der Waals surface area contributed by atoms with Crippen molar-refractivity contribution in [3.05, 3.63) is 0 Å². The van der Waals surface area contributed by atoms with Crippen molar-refractivity contribution in [2.24, 2.45) is 11.8 Å². The predicted molar refractivity (Wildman–Crippen MR) is 51.7 cm³/mol. The van der Waals surface area contributed by atoms with Gasteiger partial charge in [-0.15, -0.1) is 0 Å². The third kappa shape index (κ3) is 3.36. The predicted octanol–water partition coefficient (Wildman–Crippen LogP) is 1.01. The highest BCUT2D eigenvalue weighted by Crippen LogP contribution is 2.33. The minimum Gasteiger partial charge on any atom is -0.480 e. The van der Waals surface area contributed by atoms with Gasteiger partial charge in [0.1, 0.15) is 6.04 Å². The zero-order valence-corrected chi connectivity index (χ0v) is 8.62. The van der Waals surface area contributed by atoms with E-state index in [1.807, 2.05) is 0 Å². The number of carbonyl (C=O) groups excluding carboxylic acids is 1. The summed E-state index contributed by atoms with van der Waals surface area (Å²) in [6.45, 7) is 3.51. The van der Waals surface area contributed by atoms with Crippen LogP contribution in [-0.4, -0.2) is 23.0 Å². The molecule has 1 amide bonds. The lowest BCUT2D eigenvalue weighted by molar-refractivity contribution is -0.142. The fraction of sp³-hybridized carbons (Fsp3) is 0.800. The van der Waals surface area contributed by atoms with Crippen molar-refractivity contribution in [2.75, 3.05) is 0 Å². The molecule has 0 bridgehead atoms. The highest BCUT2D eigenvalue weighted by molar-refractivity contribution is 5.84. The lowest BCUT2D eigenvalue weighted by Crippen LogP contribution is -2.42. The number of carboxylic acids is 1. The van der Waals surface area contributed by atoms with Crippen molar-refractivity contribution in [2.45, 2.75) is 39.2 Å². The van der Waals surface area contributed by atoms with Crippen LogP contribution in [0, 0.1) is 11.8 Å². The molecule has 1 saturated carbocycles. The monoisotopic (exact) mass is 199 g/mol. The second-order valence-corrected chi connectivity index (χ2v) is 4.23. The molecule has 1 aliphatic rings. The van der Waals surface area contributed by atoms with E-state index in [1.54, 1.807) is 13.8 Å². The largest absolute Gasteiger partial charge is 0.480 e. The molecule has 0 aliphatic heterocycles. The first-order valence-corrected chi connectivity index (χ1v) is 5.04. The second kappa shape index (κ2) is 4.44. The van der Waals surface area contributed by atoms with E-state index in [4.69, 9.17) is 5.11 Å². The Balaban J connectivity index is 2.41. The molecule has 0 unspecified atom stereocenters. The summed E-state index contributed by atoms with van der Waals surface area (Å²) in [6.07, 6.45) is 2.77. The number of nitrogens with one attached hydrogen (secondary N) is 1. The zero-order chi connectivity index (χ0) is 10.7. The van der Waals surface area contributed by atoms with Crippen molar-refractivity contribution in [1.82, 2.24) is 5.32 Å². The maximum atomic E-state index is 11.3. The van der Waals surface area contributed by atoms with Crippen molar-refractivity contribution in [3.8, 4) is 0 Å². The molecule has 2 N–H and O–H groups in total. The van der Waals surface area contributed by atoms with Crippen molar-refractivity contribution in [3.63, 3.8) is 0 Å². The first-order chi connectivity index (χ1) is 6.50. The fourth-order valence-corrected chi connectivity index (χ4v) is 1.25. The van der Waals surface area contributed by atoms with Crippen molar-refractivity contribution in [1.29, 1.82) is 0 Å². The second-order valence-electron chi connectivity index (χ2n) is 4.23. The Hall–Kier alpha value is -1.06. The molecule has 1 rings (SSSR count). The van der Waals surface area contributed by atoms with E-state index in [1.165, 1.54) is 0 Å².